The summed E-state index contributed by atoms with van der Waals surface area (Å²) < 4.78 is 37.0. The predicted octanol–water partition coefficient (Wildman–Crippen LogP) is 2.71. The molecule has 17 heavy (non-hydrogen) atoms. The third kappa shape index (κ3) is 2.45. The Morgan fingerprint density at radius 2 is 1.71 bits per heavy atom. The van der Waals surface area contributed by atoms with Crippen molar-refractivity contribution in [3.63, 3.8) is 0 Å². The van der Waals surface area contributed by atoms with E-state index in [4.69, 9.17) is 11.6 Å². The zero-order valence-corrected chi connectivity index (χ0v) is 10.0. The molecule has 88 valence electrons. The molecule has 0 aliphatic rings. The summed E-state index contributed by atoms with van der Waals surface area (Å²) in [7, 11) is -3.72. The van der Waals surface area contributed by atoms with Gasteiger partial charge in [0, 0.05) is 17.3 Å². The minimum atomic E-state index is -3.72. The minimum absolute atomic E-state index is 0.0625. The van der Waals surface area contributed by atoms with Gasteiger partial charge in [-0.25, -0.2) is 13.4 Å². The number of hydrogen-bond acceptors (Lipinski definition) is 3. The summed E-state index contributed by atoms with van der Waals surface area (Å²) in [4.78, 5) is 3.24. The van der Waals surface area contributed by atoms with Crippen LogP contribution >= 0.6 is 11.6 Å². The fourth-order valence-corrected chi connectivity index (χ4v) is 2.69. The highest BCUT2D eigenvalue weighted by atomic mass is 35.5. The Balaban J connectivity index is 2.54. The van der Waals surface area contributed by atoms with Gasteiger partial charge in [0.05, 0.1) is 9.79 Å². The molecule has 0 aliphatic carbocycles. The first kappa shape index (κ1) is 12.0. The Kier molecular flexibility index (Phi) is 3.13. The van der Waals surface area contributed by atoms with Crippen LogP contribution in [0, 0.1) is 5.95 Å². The number of nitrogens with zero attached hydrogens (tertiary/aromatic N) is 1. The number of hydrogen-bond donors (Lipinski definition) is 0. The monoisotopic (exact) mass is 271 g/mol. The molecule has 0 aliphatic heterocycles. The lowest BCUT2D eigenvalue weighted by Crippen LogP contribution is -2.02. The molecule has 0 saturated carbocycles. The third-order valence-electron chi connectivity index (χ3n) is 2.13. The van der Waals surface area contributed by atoms with Gasteiger partial charge in [-0.1, -0.05) is 11.6 Å². The van der Waals surface area contributed by atoms with Crippen molar-refractivity contribution in [1.29, 1.82) is 0 Å². The van der Waals surface area contributed by atoms with Crippen LogP contribution in [0.1, 0.15) is 0 Å². The molecule has 0 amide bonds. The van der Waals surface area contributed by atoms with Gasteiger partial charge < -0.3 is 0 Å². The number of halogens is 2. The highest BCUT2D eigenvalue weighted by Crippen LogP contribution is 2.22. The molecule has 0 atom stereocenters. The van der Waals surface area contributed by atoms with Crippen molar-refractivity contribution in [3.8, 4) is 0 Å². The molecule has 2 aromatic rings. The first-order valence-corrected chi connectivity index (χ1v) is 6.48. The highest BCUT2D eigenvalue weighted by molar-refractivity contribution is 7.91. The molecule has 2 rings (SSSR count). The topological polar surface area (TPSA) is 47.0 Å². The van der Waals surface area contributed by atoms with E-state index in [1.807, 2.05) is 0 Å². The average molecular weight is 272 g/mol. The maximum Gasteiger partial charge on any atom is 0.214 e. The zero-order chi connectivity index (χ0) is 12.5. The largest absolute Gasteiger partial charge is 0.228 e. The Bertz CT molecular complexity index is 641. The van der Waals surface area contributed by atoms with Crippen molar-refractivity contribution in [1.82, 2.24) is 4.98 Å². The standard InChI is InChI=1S/C11H7ClFNO2S/c12-8-1-3-9(4-2-8)17(15,16)10-5-6-14-11(13)7-10/h1-7H. The lowest BCUT2D eigenvalue weighted by atomic mass is 10.4. The van der Waals surface area contributed by atoms with Crippen LogP contribution in [0.2, 0.25) is 5.02 Å². The van der Waals surface area contributed by atoms with Crippen molar-refractivity contribution >= 4 is 21.4 Å². The van der Waals surface area contributed by atoms with Gasteiger partial charge in [-0.3, -0.25) is 0 Å². The van der Waals surface area contributed by atoms with E-state index >= 15 is 0 Å². The van der Waals surface area contributed by atoms with Gasteiger partial charge in [0.25, 0.3) is 0 Å². The number of rotatable bonds is 2. The molecular weight excluding hydrogens is 265 g/mol. The zero-order valence-electron chi connectivity index (χ0n) is 8.47. The van der Waals surface area contributed by atoms with Crippen molar-refractivity contribution < 1.29 is 12.8 Å². The van der Waals surface area contributed by atoms with E-state index in [9.17, 15) is 12.8 Å². The lowest BCUT2D eigenvalue weighted by molar-refractivity contribution is 0.571. The van der Waals surface area contributed by atoms with Crippen LogP contribution < -0.4 is 0 Å². The summed E-state index contributed by atoms with van der Waals surface area (Å²) in [5.41, 5.74) is 0. The Hall–Kier alpha value is -1.46. The Morgan fingerprint density at radius 1 is 1.06 bits per heavy atom. The first-order chi connectivity index (χ1) is 8.00. The molecule has 0 saturated heterocycles. The molecular formula is C11H7ClFNO2S. The van der Waals surface area contributed by atoms with Gasteiger partial charge in [0.15, 0.2) is 0 Å². The van der Waals surface area contributed by atoms with E-state index in [0.29, 0.717) is 5.02 Å². The second-order valence-electron chi connectivity index (χ2n) is 3.27. The molecule has 1 heterocycles. The number of aromatic nitrogens is 1. The van der Waals surface area contributed by atoms with E-state index in [2.05, 4.69) is 4.98 Å². The number of benzene rings is 1. The van der Waals surface area contributed by atoms with Crippen LogP contribution in [0.5, 0.6) is 0 Å². The average Bonchev–Trinajstić information content (AvgIpc) is 2.29. The van der Waals surface area contributed by atoms with Crippen LogP contribution in [-0.4, -0.2) is 13.4 Å². The summed E-state index contributed by atoms with van der Waals surface area (Å²) in [5.74, 6) is -0.833. The van der Waals surface area contributed by atoms with E-state index < -0.39 is 15.8 Å². The third-order valence-corrected chi connectivity index (χ3v) is 4.15. The highest BCUT2D eigenvalue weighted by Gasteiger charge is 2.18. The molecule has 1 aromatic carbocycles. The van der Waals surface area contributed by atoms with Crippen LogP contribution in [0.3, 0.4) is 0 Å². The van der Waals surface area contributed by atoms with Gasteiger partial charge in [-0.15, -0.1) is 0 Å². The van der Waals surface area contributed by atoms with Crippen molar-refractivity contribution in [2.24, 2.45) is 0 Å². The summed E-state index contributed by atoms with van der Waals surface area (Å²) in [5, 5.41) is 0.435. The molecule has 6 heteroatoms. The van der Waals surface area contributed by atoms with E-state index in [1.54, 1.807) is 0 Å². The Morgan fingerprint density at radius 3 is 2.29 bits per heavy atom. The van der Waals surface area contributed by atoms with Crippen molar-refractivity contribution in [3.05, 3.63) is 53.6 Å². The maximum absolute atomic E-state index is 12.9. The maximum atomic E-state index is 12.9. The number of sulfone groups is 1. The van der Waals surface area contributed by atoms with Gasteiger partial charge in [-0.2, -0.15) is 4.39 Å². The van der Waals surface area contributed by atoms with Gasteiger partial charge in [0.1, 0.15) is 0 Å². The molecule has 0 unspecified atom stereocenters. The normalized spacial score (nSPS) is 11.4. The molecule has 3 nitrogen and oxygen atoms in total. The van der Waals surface area contributed by atoms with Crippen molar-refractivity contribution in [2.45, 2.75) is 9.79 Å². The van der Waals surface area contributed by atoms with E-state index in [1.165, 1.54) is 30.3 Å². The predicted molar refractivity (Wildman–Crippen MR) is 61.1 cm³/mol. The van der Waals surface area contributed by atoms with Gasteiger partial charge >= 0.3 is 0 Å². The van der Waals surface area contributed by atoms with E-state index in [-0.39, 0.29) is 9.79 Å². The van der Waals surface area contributed by atoms with Crippen LogP contribution in [0.15, 0.2) is 52.4 Å². The van der Waals surface area contributed by atoms with Crippen molar-refractivity contribution in [2.75, 3.05) is 0 Å². The van der Waals surface area contributed by atoms with Crippen LogP contribution in [0.25, 0.3) is 0 Å². The fraction of sp³-hybridized carbons (Fsp3) is 0. The van der Waals surface area contributed by atoms with E-state index in [0.717, 1.165) is 12.3 Å². The first-order valence-electron chi connectivity index (χ1n) is 4.62. The minimum Gasteiger partial charge on any atom is -0.228 e. The smallest absolute Gasteiger partial charge is 0.214 e. The summed E-state index contributed by atoms with van der Waals surface area (Å²) in [6.45, 7) is 0. The summed E-state index contributed by atoms with van der Waals surface area (Å²) in [6.07, 6.45) is 1.11. The second kappa shape index (κ2) is 4.43. The fourth-order valence-electron chi connectivity index (χ4n) is 1.30. The second-order valence-corrected chi connectivity index (χ2v) is 5.66. The van der Waals surface area contributed by atoms with Gasteiger partial charge in [0.2, 0.25) is 15.8 Å². The molecule has 1 aromatic heterocycles. The van der Waals surface area contributed by atoms with Crippen LogP contribution in [-0.2, 0) is 9.84 Å². The Labute approximate surface area is 103 Å². The van der Waals surface area contributed by atoms with Crippen LogP contribution in [0.4, 0.5) is 4.39 Å². The lowest BCUT2D eigenvalue weighted by Gasteiger charge is -2.04. The summed E-state index contributed by atoms with van der Waals surface area (Å²) >= 11 is 5.67. The summed E-state index contributed by atoms with van der Waals surface area (Å²) in [6, 6.07) is 7.79. The molecule has 0 spiro atoms. The molecule has 0 fully saturated rings. The quantitative estimate of drug-likeness (QED) is 0.789. The van der Waals surface area contributed by atoms with Gasteiger partial charge in [-0.05, 0) is 30.3 Å². The molecule has 0 radical (unpaired) electrons. The SMILES string of the molecule is O=S(=O)(c1ccc(Cl)cc1)c1ccnc(F)c1. The molecule has 0 bridgehead atoms. The number of pyridine rings is 1. The molecule has 0 N–H and O–H groups in total.